The molecule has 7 N–H and O–H groups in total. The highest BCUT2D eigenvalue weighted by atomic mass is 16.6. The average Bonchev–Trinajstić information content (AvgIpc) is 3.15. The van der Waals surface area contributed by atoms with Gasteiger partial charge in [0.2, 0.25) is 0 Å². The highest BCUT2D eigenvalue weighted by Crippen LogP contribution is 1.97. The van der Waals surface area contributed by atoms with Gasteiger partial charge in [-0.25, -0.2) is 0 Å². The molecule has 0 saturated carbocycles. The van der Waals surface area contributed by atoms with Crippen LogP contribution < -0.4 is 31.9 Å². The molecule has 17 nitrogen and oxygen atoms in total. The van der Waals surface area contributed by atoms with E-state index in [9.17, 15) is 4.79 Å². The Bertz CT molecular complexity index is 696. The van der Waals surface area contributed by atoms with E-state index >= 15 is 0 Å². The lowest BCUT2D eigenvalue weighted by atomic mass is 10.2. The maximum Gasteiger partial charge on any atom is 0.305 e. The second-order valence-corrected chi connectivity index (χ2v) is 12.0. The molecule has 0 amide bonds. The van der Waals surface area contributed by atoms with Crippen molar-refractivity contribution in [3.8, 4) is 0 Å². The molecule has 0 unspecified atom stereocenters. The third-order valence-corrected chi connectivity index (χ3v) is 7.34. The summed E-state index contributed by atoms with van der Waals surface area (Å²) in [7, 11) is 1.65. The summed E-state index contributed by atoms with van der Waals surface area (Å²) in [6, 6.07) is 0. The summed E-state index contributed by atoms with van der Waals surface area (Å²) in [6.45, 7) is 19.7. The van der Waals surface area contributed by atoms with Crippen LogP contribution in [0.1, 0.15) is 38.5 Å². The maximum absolute atomic E-state index is 10.4. The Labute approximate surface area is 320 Å². The van der Waals surface area contributed by atoms with Crippen LogP contribution in [0.25, 0.3) is 0 Å². The molecule has 17 heteroatoms. The van der Waals surface area contributed by atoms with E-state index in [1.165, 1.54) is 25.7 Å². The van der Waals surface area contributed by atoms with Crippen molar-refractivity contribution in [3.63, 3.8) is 0 Å². The third-order valence-electron chi connectivity index (χ3n) is 7.34. The van der Waals surface area contributed by atoms with E-state index in [4.69, 9.17) is 47.7 Å². The minimum Gasteiger partial charge on any atom is -0.481 e. The number of unbranched alkanes of at least 4 members (excludes halogenated alkanes) is 3. The Morgan fingerprint density at radius 3 is 1.08 bits per heavy atom. The largest absolute Gasteiger partial charge is 0.481 e. The minimum atomic E-state index is -0.838. The molecule has 0 spiro atoms. The average molecular weight is 771 g/mol. The molecule has 0 fully saturated rings. The number of nitrogens with one attached hydrogen (secondary N) is 6. The Balaban J connectivity index is 3.05. The predicted molar refractivity (Wildman–Crippen MR) is 206 cm³/mol. The van der Waals surface area contributed by atoms with Crippen molar-refractivity contribution >= 4 is 5.97 Å². The first-order chi connectivity index (χ1) is 26.3. The molecule has 0 bridgehead atoms. The first kappa shape index (κ1) is 51.9. The number of hydrogen-bond donors (Lipinski definition) is 7. The lowest BCUT2D eigenvalue weighted by molar-refractivity contribution is -0.138. The molecule has 0 heterocycles. The van der Waals surface area contributed by atoms with Gasteiger partial charge in [-0.1, -0.05) is 12.8 Å². The van der Waals surface area contributed by atoms with Gasteiger partial charge in [-0.15, -0.1) is 0 Å². The van der Waals surface area contributed by atoms with Crippen LogP contribution in [-0.2, 0) is 47.4 Å². The molecule has 0 radical (unpaired) electrons. The Hall–Kier alpha value is -1.13. The number of rotatable bonds is 49. The monoisotopic (exact) mass is 771 g/mol. The summed E-state index contributed by atoms with van der Waals surface area (Å²) in [5, 5.41) is 28.9. The van der Waals surface area contributed by atoms with E-state index < -0.39 is 5.97 Å². The van der Waals surface area contributed by atoms with Crippen molar-refractivity contribution in [3.05, 3.63) is 0 Å². The molecular formula is C36H78N6O11. The fourth-order valence-electron chi connectivity index (χ4n) is 4.42. The van der Waals surface area contributed by atoms with Crippen LogP contribution in [0.2, 0.25) is 0 Å². The van der Waals surface area contributed by atoms with Gasteiger partial charge in [0.1, 0.15) is 0 Å². The van der Waals surface area contributed by atoms with Crippen molar-refractivity contribution in [2.45, 2.75) is 38.5 Å². The molecule has 0 aromatic carbocycles. The van der Waals surface area contributed by atoms with E-state index in [1.807, 2.05) is 0 Å². The van der Waals surface area contributed by atoms with Gasteiger partial charge >= 0.3 is 5.97 Å². The molecule has 53 heavy (non-hydrogen) atoms. The number of methoxy groups -OCH3 is 1. The topological polar surface area (TPSA) is 193 Å². The summed E-state index contributed by atoms with van der Waals surface area (Å²) in [6.07, 6.45) is 6.01. The van der Waals surface area contributed by atoms with E-state index in [-0.39, 0.29) is 13.0 Å². The van der Waals surface area contributed by atoms with E-state index in [0.717, 1.165) is 85.0 Å². The van der Waals surface area contributed by atoms with Crippen molar-refractivity contribution in [1.82, 2.24) is 31.9 Å². The molecule has 0 saturated heterocycles. The van der Waals surface area contributed by atoms with Crippen LogP contribution >= 0.6 is 0 Å². The molecule has 0 aromatic heterocycles. The predicted octanol–water partition coefficient (Wildman–Crippen LogP) is -0.314. The van der Waals surface area contributed by atoms with Crippen LogP contribution in [0.5, 0.6) is 0 Å². The van der Waals surface area contributed by atoms with E-state index in [2.05, 4.69) is 31.9 Å². The Kier molecular flexibility index (Phi) is 47.8. The molecule has 0 atom stereocenters. The normalized spacial score (nSPS) is 11.6. The van der Waals surface area contributed by atoms with Gasteiger partial charge in [0, 0.05) is 66.1 Å². The van der Waals surface area contributed by atoms with Crippen LogP contribution in [-0.4, -0.2) is 203 Å². The van der Waals surface area contributed by atoms with Gasteiger partial charge in [0.15, 0.2) is 0 Å². The number of hydrogen-bond acceptors (Lipinski definition) is 16. The minimum absolute atomic E-state index is 0.0387. The summed E-state index contributed by atoms with van der Waals surface area (Å²) < 4.78 is 48.4. The fraction of sp³-hybridized carbons (Fsp3) is 0.972. The standard InChI is InChI=1S/C36H78N6O11/c1-45-21-22-47-25-26-49-29-30-51-33-34-52-32-31-50-28-27-48-24-23-46-19-6-10-37-8-4-2-3-5-9-38-11-12-39-13-14-40-15-16-41-17-18-42-35-53-20-7-36(43)44/h37-42H,2-35H2,1H3,(H,43,44). The molecule has 0 aliphatic carbocycles. The first-order valence-electron chi connectivity index (χ1n) is 19.8. The fourth-order valence-corrected chi connectivity index (χ4v) is 4.42. The SMILES string of the molecule is COCCOCCOCCOCCOCCOCCOCCOCCCNCCCCCCNCCNCCNCCNCCNCOCCC(=O)O. The first-order valence-corrected chi connectivity index (χ1v) is 19.8. The zero-order valence-corrected chi connectivity index (χ0v) is 33.1. The number of ether oxygens (including phenoxy) is 9. The highest BCUT2D eigenvalue weighted by molar-refractivity contribution is 5.66. The summed E-state index contributed by atoms with van der Waals surface area (Å²) in [5.41, 5.74) is 0. The second-order valence-electron chi connectivity index (χ2n) is 12.0. The quantitative estimate of drug-likeness (QED) is 0.0315. The number of carboxylic acid groups (broad SMARTS) is 1. The Morgan fingerprint density at radius 2 is 0.679 bits per heavy atom. The van der Waals surface area contributed by atoms with Crippen molar-refractivity contribution in [1.29, 1.82) is 0 Å². The van der Waals surface area contributed by atoms with Gasteiger partial charge in [-0.05, 0) is 38.9 Å². The molecule has 0 aliphatic rings. The zero-order valence-electron chi connectivity index (χ0n) is 33.1. The van der Waals surface area contributed by atoms with Gasteiger partial charge in [0.05, 0.1) is 112 Å². The van der Waals surface area contributed by atoms with Crippen molar-refractivity contribution in [2.75, 3.05) is 192 Å². The number of carboxylic acids is 1. The van der Waals surface area contributed by atoms with Crippen LogP contribution in [0.15, 0.2) is 0 Å². The lowest BCUT2D eigenvalue weighted by Crippen LogP contribution is -2.36. The number of aliphatic carboxylic acids is 1. The second kappa shape index (κ2) is 48.9. The van der Waals surface area contributed by atoms with E-state index in [0.29, 0.717) is 99.2 Å². The summed E-state index contributed by atoms with van der Waals surface area (Å²) >= 11 is 0. The van der Waals surface area contributed by atoms with Gasteiger partial charge in [0.25, 0.3) is 0 Å². The van der Waals surface area contributed by atoms with Crippen LogP contribution in [0.3, 0.4) is 0 Å². The van der Waals surface area contributed by atoms with Crippen molar-refractivity contribution < 1.29 is 52.5 Å². The lowest BCUT2D eigenvalue weighted by Gasteiger charge is -2.09. The van der Waals surface area contributed by atoms with Gasteiger partial charge in [-0.2, -0.15) is 0 Å². The smallest absolute Gasteiger partial charge is 0.305 e. The number of carbonyl (C=O) groups is 1. The zero-order chi connectivity index (χ0) is 38.2. The Morgan fingerprint density at radius 1 is 0.358 bits per heavy atom. The maximum atomic E-state index is 10.4. The third kappa shape index (κ3) is 50.9. The van der Waals surface area contributed by atoms with Crippen molar-refractivity contribution in [2.24, 2.45) is 0 Å². The molecular weight excluding hydrogens is 692 g/mol. The highest BCUT2D eigenvalue weighted by Gasteiger charge is 1.98. The van der Waals surface area contributed by atoms with Crippen LogP contribution in [0.4, 0.5) is 0 Å². The van der Waals surface area contributed by atoms with Gasteiger partial charge < -0.3 is 74.3 Å². The van der Waals surface area contributed by atoms with Gasteiger partial charge in [-0.3, -0.25) is 10.1 Å². The molecule has 0 rings (SSSR count). The van der Waals surface area contributed by atoms with E-state index in [1.54, 1.807) is 7.11 Å². The molecule has 0 aromatic rings. The molecule has 0 aliphatic heterocycles. The summed E-state index contributed by atoms with van der Waals surface area (Å²) in [4.78, 5) is 10.4. The molecule has 318 valence electrons. The van der Waals surface area contributed by atoms with Crippen LogP contribution in [0, 0.1) is 0 Å². The summed E-state index contributed by atoms with van der Waals surface area (Å²) in [5.74, 6) is -0.838.